The van der Waals surface area contributed by atoms with Crippen molar-refractivity contribution in [2.75, 3.05) is 0 Å². The van der Waals surface area contributed by atoms with E-state index < -0.39 is 0 Å². The minimum absolute atomic E-state index is 0.442. The molecule has 2 aromatic rings. The Morgan fingerprint density at radius 3 is 2.64 bits per heavy atom. The van der Waals surface area contributed by atoms with Gasteiger partial charge in [0.15, 0.2) is 0 Å². The zero-order valence-electron chi connectivity index (χ0n) is 7.31. The van der Waals surface area contributed by atoms with Crippen molar-refractivity contribution in [1.29, 1.82) is 0 Å². The molecule has 0 N–H and O–H groups in total. The van der Waals surface area contributed by atoms with Crippen LogP contribution < -0.4 is 4.74 Å². The Balaban J connectivity index is 1.95. The van der Waals surface area contributed by atoms with E-state index in [1.165, 1.54) is 9.83 Å². The van der Waals surface area contributed by atoms with E-state index in [1.54, 1.807) is 6.07 Å². The fourth-order valence-electron chi connectivity index (χ4n) is 1.00. The van der Waals surface area contributed by atoms with E-state index in [1.807, 2.05) is 24.3 Å². The number of benzene rings is 1. The van der Waals surface area contributed by atoms with Gasteiger partial charge in [-0.05, 0) is 46.9 Å². The molecule has 0 spiro atoms. The summed E-state index contributed by atoms with van der Waals surface area (Å²) in [5.74, 6) is 0.841. The molecular weight excluding hydrogens is 293 g/mol. The van der Waals surface area contributed by atoms with Crippen LogP contribution in [0.5, 0.6) is 5.75 Å². The molecule has 0 saturated heterocycles. The van der Waals surface area contributed by atoms with Gasteiger partial charge >= 0.3 is 0 Å². The lowest BCUT2D eigenvalue weighted by Gasteiger charge is -2.02. The van der Waals surface area contributed by atoms with Crippen molar-refractivity contribution in [3.8, 4) is 5.75 Å². The maximum absolute atomic E-state index is 5.48. The number of hydrogen-bond donors (Lipinski definition) is 0. The van der Waals surface area contributed by atoms with Crippen LogP contribution in [0.15, 0.2) is 41.1 Å². The molecule has 4 heteroatoms. The average Bonchev–Trinajstić information content (AvgIpc) is 2.70. The summed E-state index contributed by atoms with van der Waals surface area (Å²) in [7, 11) is 0. The van der Waals surface area contributed by atoms with E-state index in [4.69, 9.17) is 9.26 Å². The van der Waals surface area contributed by atoms with E-state index in [0.29, 0.717) is 6.61 Å². The van der Waals surface area contributed by atoms with Crippen molar-refractivity contribution < 1.29 is 9.26 Å². The van der Waals surface area contributed by atoms with Gasteiger partial charge in [-0.1, -0.05) is 5.16 Å². The van der Waals surface area contributed by atoms with Crippen molar-refractivity contribution >= 4 is 22.6 Å². The summed E-state index contributed by atoms with van der Waals surface area (Å²) in [6, 6.07) is 9.65. The molecule has 0 unspecified atom stereocenters. The van der Waals surface area contributed by atoms with Gasteiger partial charge in [0.25, 0.3) is 0 Å². The van der Waals surface area contributed by atoms with Crippen molar-refractivity contribution in [2.45, 2.75) is 6.61 Å². The van der Waals surface area contributed by atoms with Crippen LogP contribution in [-0.4, -0.2) is 5.16 Å². The molecule has 1 heterocycles. The Kier molecular flexibility index (Phi) is 3.03. The summed E-state index contributed by atoms with van der Waals surface area (Å²) in [5.41, 5.74) is 0.795. The van der Waals surface area contributed by atoms with Crippen LogP contribution in [0.2, 0.25) is 0 Å². The highest BCUT2D eigenvalue weighted by Crippen LogP contribution is 2.14. The van der Waals surface area contributed by atoms with Crippen LogP contribution in [0.3, 0.4) is 0 Å². The topological polar surface area (TPSA) is 35.3 Å². The Morgan fingerprint density at radius 1 is 1.21 bits per heavy atom. The molecule has 3 nitrogen and oxygen atoms in total. The standard InChI is InChI=1S/C10H8INO2/c11-8-1-3-10(4-2-8)13-7-9-5-6-14-12-9/h1-6H,7H2. The molecule has 0 atom stereocenters. The third-order valence-corrected chi connectivity index (χ3v) is 2.41. The third-order valence-electron chi connectivity index (χ3n) is 1.69. The Labute approximate surface area is 95.2 Å². The molecule has 0 fully saturated rings. The van der Waals surface area contributed by atoms with Crippen LogP contribution in [0.4, 0.5) is 0 Å². The molecule has 0 aliphatic rings. The molecule has 0 bridgehead atoms. The molecule has 0 amide bonds. The quantitative estimate of drug-likeness (QED) is 0.818. The van der Waals surface area contributed by atoms with E-state index in [0.717, 1.165) is 11.4 Å². The summed E-state index contributed by atoms with van der Waals surface area (Å²) in [6.45, 7) is 0.442. The number of hydrogen-bond acceptors (Lipinski definition) is 3. The summed E-state index contributed by atoms with van der Waals surface area (Å²) in [6.07, 6.45) is 1.53. The molecule has 0 aliphatic heterocycles. The number of ether oxygens (including phenoxy) is 1. The fourth-order valence-corrected chi connectivity index (χ4v) is 1.36. The molecule has 1 aromatic heterocycles. The van der Waals surface area contributed by atoms with Crippen LogP contribution in [0, 0.1) is 3.57 Å². The molecule has 0 radical (unpaired) electrons. The monoisotopic (exact) mass is 301 g/mol. The van der Waals surface area contributed by atoms with Crippen LogP contribution in [-0.2, 0) is 6.61 Å². The van der Waals surface area contributed by atoms with Crippen molar-refractivity contribution in [3.05, 3.63) is 45.9 Å². The zero-order valence-corrected chi connectivity index (χ0v) is 9.47. The average molecular weight is 301 g/mol. The molecular formula is C10H8INO2. The lowest BCUT2D eigenvalue weighted by molar-refractivity contribution is 0.289. The maximum atomic E-state index is 5.48. The molecule has 0 aliphatic carbocycles. The van der Waals surface area contributed by atoms with Gasteiger partial charge in [0.2, 0.25) is 0 Å². The maximum Gasteiger partial charge on any atom is 0.134 e. The van der Waals surface area contributed by atoms with Crippen LogP contribution in [0.1, 0.15) is 5.69 Å². The molecule has 0 saturated carbocycles. The third kappa shape index (κ3) is 2.47. The number of nitrogens with zero attached hydrogens (tertiary/aromatic N) is 1. The molecule has 1 aromatic carbocycles. The normalized spacial score (nSPS) is 10.1. The summed E-state index contributed by atoms with van der Waals surface area (Å²) >= 11 is 2.25. The highest BCUT2D eigenvalue weighted by atomic mass is 127. The Morgan fingerprint density at radius 2 is 2.00 bits per heavy atom. The second kappa shape index (κ2) is 4.45. The van der Waals surface area contributed by atoms with Crippen LogP contribution in [0.25, 0.3) is 0 Å². The number of rotatable bonds is 3. The minimum atomic E-state index is 0.442. The molecule has 72 valence electrons. The smallest absolute Gasteiger partial charge is 0.134 e. The van der Waals surface area contributed by atoms with Gasteiger partial charge in [0, 0.05) is 9.64 Å². The Hall–Kier alpha value is -1.04. The van der Waals surface area contributed by atoms with Crippen molar-refractivity contribution in [3.63, 3.8) is 0 Å². The predicted octanol–water partition coefficient (Wildman–Crippen LogP) is 2.86. The Bertz CT molecular complexity index is 383. The molecule has 14 heavy (non-hydrogen) atoms. The van der Waals surface area contributed by atoms with Gasteiger partial charge in [0.05, 0.1) is 0 Å². The number of halogens is 1. The van der Waals surface area contributed by atoms with E-state index in [-0.39, 0.29) is 0 Å². The second-order valence-corrected chi connectivity index (χ2v) is 3.98. The summed E-state index contributed by atoms with van der Waals surface area (Å²) in [4.78, 5) is 0. The van der Waals surface area contributed by atoms with E-state index in [9.17, 15) is 0 Å². The largest absolute Gasteiger partial charge is 0.487 e. The molecule has 2 rings (SSSR count). The lowest BCUT2D eigenvalue weighted by atomic mass is 10.3. The van der Waals surface area contributed by atoms with Gasteiger partial charge in [-0.15, -0.1) is 0 Å². The first-order valence-electron chi connectivity index (χ1n) is 4.12. The van der Waals surface area contributed by atoms with Crippen molar-refractivity contribution in [1.82, 2.24) is 5.16 Å². The SMILES string of the molecule is Ic1ccc(OCc2ccon2)cc1. The summed E-state index contributed by atoms with van der Waals surface area (Å²) < 4.78 is 11.4. The predicted molar refractivity (Wildman–Crippen MR) is 60.0 cm³/mol. The lowest BCUT2D eigenvalue weighted by Crippen LogP contribution is -1.94. The zero-order chi connectivity index (χ0) is 9.80. The van der Waals surface area contributed by atoms with Gasteiger partial charge < -0.3 is 9.26 Å². The first-order valence-corrected chi connectivity index (χ1v) is 5.20. The van der Waals surface area contributed by atoms with Gasteiger partial charge in [-0.25, -0.2) is 0 Å². The van der Waals surface area contributed by atoms with Gasteiger partial charge in [-0.3, -0.25) is 0 Å². The summed E-state index contributed by atoms with van der Waals surface area (Å²) in [5, 5.41) is 3.75. The van der Waals surface area contributed by atoms with Crippen molar-refractivity contribution in [2.24, 2.45) is 0 Å². The fraction of sp³-hybridized carbons (Fsp3) is 0.100. The van der Waals surface area contributed by atoms with Crippen LogP contribution >= 0.6 is 22.6 Å². The van der Waals surface area contributed by atoms with E-state index in [2.05, 4.69) is 27.7 Å². The highest BCUT2D eigenvalue weighted by molar-refractivity contribution is 14.1. The second-order valence-electron chi connectivity index (χ2n) is 2.73. The highest BCUT2D eigenvalue weighted by Gasteiger charge is 1.97. The first-order chi connectivity index (χ1) is 6.84. The first kappa shape index (κ1) is 9.51. The number of aromatic nitrogens is 1. The van der Waals surface area contributed by atoms with Gasteiger partial charge in [0.1, 0.15) is 24.3 Å². The minimum Gasteiger partial charge on any atom is -0.487 e. The van der Waals surface area contributed by atoms with Gasteiger partial charge in [-0.2, -0.15) is 0 Å². The van der Waals surface area contributed by atoms with E-state index >= 15 is 0 Å².